The Hall–Kier alpha value is -0.610. The lowest BCUT2D eigenvalue weighted by Gasteiger charge is -2.28. The van der Waals surface area contributed by atoms with Gasteiger partial charge in [-0.2, -0.15) is 0 Å². The number of aliphatic hydroxyl groups is 1. The molecule has 0 radical (unpaired) electrons. The Bertz CT molecular complexity index is 204. The first kappa shape index (κ1) is 14.4. The minimum Gasteiger partial charge on any atom is -0.459 e. The number of hydrogen-bond acceptors (Lipinski definition) is 4. The van der Waals surface area contributed by atoms with Crippen LogP contribution in [0.3, 0.4) is 0 Å². The van der Waals surface area contributed by atoms with Gasteiger partial charge in [-0.3, -0.25) is 10.1 Å². The van der Waals surface area contributed by atoms with Crippen LogP contribution in [-0.2, 0) is 9.53 Å². The summed E-state index contributed by atoms with van der Waals surface area (Å²) in [7, 11) is 0. The summed E-state index contributed by atoms with van der Waals surface area (Å²) in [5.41, 5.74) is -0.864. The Morgan fingerprint density at radius 1 is 1.33 bits per heavy atom. The fourth-order valence-corrected chi connectivity index (χ4v) is 0.956. The molecule has 90 valence electrons. The van der Waals surface area contributed by atoms with Crippen LogP contribution >= 0.6 is 0 Å². The molecule has 4 nitrogen and oxygen atoms in total. The van der Waals surface area contributed by atoms with Gasteiger partial charge >= 0.3 is 5.97 Å². The van der Waals surface area contributed by atoms with Gasteiger partial charge in [-0.1, -0.05) is 6.92 Å². The molecule has 0 saturated carbocycles. The first-order chi connectivity index (χ1) is 6.72. The number of carbonyl (C=O) groups is 1. The van der Waals surface area contributed by atoms with Crippen LogP contribution in [0.1, 0.15) is 41.0 Å². The second-order valence-electron chi connectivity index (χ2n) is 5.01. The average molecular weight is 217 g/mol. The molecule has 0 heterocycles. The molecular formula is C11H23NO3. The maximum atomic E-state index is 11.4. The van der Waals surface area contributed by atoms with Crippen LogP contribution < -0.4 is 5.32 Å². The van der Waals surface area contributed by atoms with Gasteiger partial charge in [-0.15, -0.1) is 0 Å². The Morgan fingerprint density at radius 3 is 2.20 bits per heavy atom. The molecule has 0 aliphatic heterocycles. The fourth-order valence-electron chi connectivity index (χ4n) is 0.956. The molecular weight excluding hydrogens is 194 g/mol. The molecule has 2 N–H and O–H groups in total. The van der Waals surface area contributed by atoms with E-state index in [-0.39, 0.29) is 19.1 Å². The van der Waals surface area contributed by atoms with Gasteiger partial charge in [0.05, 0.1) is 13.2 Å². The summed E-state index contributed by atoms with van der Waals surface area (Å²) in [6.07, 6.45) is 0.756. The molecule has 0 spiro atoms. The molecule has 0 bridgehead atoms. The second kappa shape index (κ2) is 5.47. The van der Waals surface area contributed by atoms with Crippen LogP contribution in [-0.4, -0.2) is 35.4 Å². The molecule has 0 aliphatic carbocycles. The Balaban J connectivity index is 4.00. The van der Waals surface area contributed by atoms with Crippen molar-refractivity contribution in [2.75, 3.05) is 13.2 Å². The number of hydrogen-bond donors (Lipinski definition) is 2. The maximum absolute atomic E-state index is 11.4. The summed E-state index contributed by atoms with van der Waals surface area (Å²) >= 11 is 0. The molecule has 1 unspecified atom stereocenters. The van der Waals surface area contributed by atoms with Crippen molar-refractivity contribution in [3.63, 3.8) is 0 Å². The van der Waals surface area contributed by atoms with Crippen molar-refractivity contribution >= 4 is 5.97 Å². The predicted octanol–water partition coefficient (Wildman–Crippen LogP) is 1.08. The number of aliphatic hydroxyl groups excluding tert-OH is 1. The number of esters is 1. The standard InChI is InChI=1S/C11H23NO3/c1-6-11(5,8-13)12-7-9(14)15-10(2,3)4/h12-13H,6-8H2,1-5H3. The van der Waals surface area contributed by atoms with E-state index in [1.54, 1.807) is 0 Å². The smallest absolute Gasteiger partial charge is 0.320 e. The Kier molecular flexibility index (Phi) is 5.24. The van der Waals surface area contributed by atoms with Gasteiger partial charge < -0.3 is 9.84 Å². The molecule has 0 aliphatic rings. The van der Waals surface area contributed by atoms with Crippen molar-refractivity contribution in [3.05, 3.63) is 0 Å². The summed E-state index contributed by atoms with van der Waals surface area (Å²) in [4.78, 5) is 11.4. The fraction of sp³-hybridized carbons (Fsp3) is 0.909. The topological polar surface area (TPSA) is 58.6 Å². The van der Waals surface area contributed by atoms with Gasteiger partial charge in [0.15, 0.2) is 0 Å². The monoisotopic (exact) mass is 217 g/mol. The van der Waals surface area contributed by atoms with Gasteiger partial charge in [0.1, 0.15) is 5.60 Å². The molecule has 0 aromatic carbocycles. The highest BCUT2D eigenvalue weighted by molar-refractivity contribution is 5.72. The van der Waals surface area contributed by atoms with E-state index in [1.807, 2.05) is 34.6 Å². The second-order valence-corrected chi connectivity index (χ2v) is 5.01. The van der Waals surface area contributed by atoms with Gasteiger partial charge in [0.2, 0.25) is 0 Å². The van der Waals surface area contributed by atoms with Gasteiger partial charge in [-0.05, 0) is 34.1 Å². The van der Waals surface area contributed by atoms with Crippen LogP contribution in [0.25, 0.3) is 0 Å². The van der Waals surface area contributed by atoms with Gasteiger partial charge in [-0.25, -0.2) is 0 Å². The summed E-state index contributed by atoms with van der Waals surface area (Å²) < 4.78 is 5.14. The summed E-state index contributed by atoms with van der Waals surface area (Å²) in [6, 6.07) is 0. The summed E-state index contributed by atoms with van der Waals surface area (Å²) in [5.74, 6) is -0.296. The van der Waals surface area contributed by atoms with E-state index in [0.717, 1.165) is 6.42 Å². The van der Waals surface area contributed by atoms with E-state index in [4.69, 9.17) is 9.84 Å². The van der Waals surface area contributed by atoms with Gasteiger partial charge in [0.25, 0.3) is 0 Å². The predicted molar refractivity (Wildman–Crippen MR) is 59.6 cm³/mol. The molecule has 0 amide bonds. The Labute approximate surface area is 92.0 Å². The zero-order chi connectivity index (χ0) is 12.1. The third kappa shape index (κ3) is 6.47. The first-order valence-corrected chi connectivity index (χ1v) is 5.30. The van der Waals surface area contributed by atoms with Crippen molar-refractivity contribution in [1.82, 2.24) is 5.32 Å². The molecule has 0 fully saturated rings. The van der Waals surface area contributed by atoms with Crippen molar-refractivity contribution in [3.8, 4) is 0 Å². The first-order valence-electron chi connectivity index (χ1n) is 5.30. The van der Waals surface area contributed by atoms with Crippen molar-refractivity contribution in [2.45, 2.75) is 52.2 Å². The minimum atomic E-state index is -0.458. The Morgan fingerprint density at radius 2 is 1.87 bits per heavy atom. The molecule has 15 heavy (non-hydrogen) atoms. The molecule has 0 saturated heterocycles. The van der Waals surface area contributed by atoms with E-state index in [1.165, 1.54) is 0 Å². The molecule has 0 aromatic heterocycles. The van der Waals surface area contributed by atoms with Crippen LogP contribution in [0.2, 0.25) is 0 Å². The SMILES string of the molecule is CCC(C)(CO)NCC(=O)OC(C)(C)C. The van der Waals surface area contributed by atoms with Crippen LogP contribution in [0.4, 0.5) is 0 Å². The molecule has 1 atom stereocenters. The average Bonchev–Trinajstić information content (AvgIpc) is 2.12. The number of rotatable bonds is 5. The lowest BCUT2D eigenvalue weighted by atomic mass is 10.0. The number of nitrogens with one attached hydrogen (secondary N) is 1. The van der Waals surface area contributed by atoms with Crippen LogP contribution in [0.5, 0.6) is 0 Å². The third-order valence-electron chi connectivity index (χ3n) is 2.21. The third-order valence-corrected chi connectivity index (χ3v) is 2.21. The zero-order valence-electron chi connectivity index (χ0n) is 10.4. The highest BCUT2D eigenvalue weighted by Crippen LogP contribution is 2.09. The lowest BCUT2D eigenvalue weighted by Crippen LogP contribution is -2.48. The highest BCUT2D eigenvalue weighted by Gasteiger charge is 2.23. The minimum absolute atomic E-state index is 0.00625. The molecule has 0 rings (SSSR count). The van der Waals surface area contributed by atoms with E-state index in [0.29, 0.717) is 0 Å². The van der Waals surface area contributed by atoms with Crippen LogP contribution in [0, 0.1) is 0 Å². The van der Waals surface area contributed by atoms with Crippen molar-refractivity contribution in [2.24, 2.45) is 0 Å². The lowest BCUT2D eigenvalue weighted by molar-refractivity contribution is -0.154. The van der Waals surface area contributed by atoms with E-state index in [2.05, 4.69) is 5.32 Å². The summed E-state index contributed by atoms with van der Waals surface area (Å²) in [5, 5.41) is 12.1. The normalized spacial score (nSPS) is 15.9. The van der Waals surface area contributed by atoms with E-state index in [9.17, 15) is 4.79 Å². The van der Waals surface area contributed by atoms with Crippen molar-refractivity contribution in [1.29, 1.82) is 0 Å². The highest BCUT2D eigenvalue weighted by atomic mass is 16.6. The quantitative estimate of drug-likeness (QED) is 0.677. The number of ether oxygens (including phenoxy) is 1. The van der Waals surface area contributed by atoms with Gasteiger partial charge in [0, 0.05) is 5.54 Å². The largest absolute Gasteiger partial charge is 0.459 e. The maximum Gasteiger partial charge on any atom is 0.320 e. The van der Waals surface area contributed by atoms with E-state index < -0.39 is 11.1 Å². The summed E-state index contributed by atoms with van der Waals surface area (Å²) in [6.45, 7) is 9.45. The van der Waals surface area contributed by atoms with Crippen molar-refractivity contribution < 1.29 is 14.6 Å². The van der Waals surface area contributed by atoms with E-state index >= 15 is 0 Å². The number of carbonyl (C=O) groups excluding carboxylic acids is 1. The molecule has 0 aromatic rings. The molecule has 4 heteroatoms. The zero-order valence-corrected chi connectivity index (χ0v) is 10.4. The van der Waals surface area contributed by atoms with Crippen LogP contribution in [0.15, 0.2) is 0 Å².